The molecule has 0 aliphatic carbocycles. The fraction of sp³-hybridized carbons (Fsp3) is 0.500. The summed E-state index contributed by atoms with van der Waals surface area (Å²) in [5.41, 5.74) is 2.17. The quantitative estimate of drug-likeness (QED) is 0.676. The van der Waals surface area contributed by atoms with Gasteiger partial charge in [-0.3, -0.25) is 4.79 Å². The third-order valence-electron chi connectivity index (χ3n) is 5.92. The third-order valence-corrected chi connectivity index (χ3v) is 8.18. The molecule has 9 heteroatoms. The summed E-state index contributed by atoms with van der Waals surface area (Å²) in [7, 11) is -1.84. The van der Waals surface area contributed by atoms with E-state index in [-0.39, 0.29) is 16.9 Å². The number of aryl methyl sites for hydroxylation is 3. The van der Waals surface area contributed by atoms with Crippen LogP contribution in [0, 0.1) is 12.8 Å². The number of rotatable bonds is 3. The van der Waals surface area contributed by atoms with E-state index < -0.39 is 10.0 Å². The van der Waals surface area contributed by atoms with Gasteiger partial charge >= 0.3 is 0 Å². The van der Waals surface area contributed by atoms with Crippen molar-refractivity contribution in [1.29, 1.82) is 0 Å². The molecule has 1 saturated heterocycles. The molecule has 4 rings (SSSR count). The SMILES string of the molecule is Cc1nc(S(=O)(=O)N2CCC(C(=O)N3CCCc4cc(Br)ccc43)CC2)cn1C. The summed E-state index contributed by atoms with van der Waals surface area (Å²) in [6, 6.07) is 6.05. The van der Waals surface area contributed by atoms with Crippen LogP contribution in [0.15, 0.2) is 33.9 Å². The van der Waals surface area contributed by atoms with Crippen molar-refractivity contribution in [3.8, 4) is 0 Å². The first kappa shape index (κ1) is 20.6. The molecule has 29 heavy (non-hydrogen) atoms. The fourth-order valence-electron chi connectivity index (χ4n) is 4.14. The number of carbonyl (C=O) groups is 1. The molecule has 0 saturated carbocycles. The molecule has 0 bridgehead atoms. The number of anilines is 1. The van der Waals surface area contributed by atoms with Crippen LogP contribution in [-0.4, -0.2) is 47.8 Å². The Hall–Kier alpha value is -1.71. The van der Waals surface area contributed by atoms with Gasteiger partial charge < -0.3 is 9.47 Å². The molecule has 0 unspecified atom stereocenters. The van der Waals surface area contributed by atoms with Crippen LogP contribution >= 0.6 is 15.9 Å². The summed E-state index contributed by atoms with van der Waals surface area (Å²) in [4.78, 5) is 19.3. The average Bonchev–Trinajstić information content (AvgIpc) is 3.06. The Kier molecular flexibility index (Phi) is 5.56. The minimum atomic E-state index is -3.62. The highest BCUT2D eigenvalue weighted by molar-refractivity contribution is 9.10. The minimum absolute atomic E-state index is 0.0813. The zero-order chi connectivity index (χ0) is 20.8. The number of fused-ring (bicyclic) bond motifs is 1. The molecule has 2 aromatic rings. The first-order chi connectivity index (χ1) is 13.8. The van der Waals surface area contributed by atoms with Crippen LogP contribution in [0.3, 0.4) is 0 Å². The van der Waals surface area contributed by atoms with Crippen molar-refractivity contribution in [2.45, 2.75) is 37.6 Å². The zero-order valence-corrected chi connectivity index (χ0v) is 19.0. The zero-order valence-electron chi connectivity index (χ0n) is 16.6. The Labute approximate surface area is 179 Å². The van der Waals surface area contributed by atoms with Gasteiger partial charge in [-0.1, -0.05) is 15.9 Å². The molecule has 0 radical (unpaired) electrons. The van der Waals surface area contributed by atoms with Crippen LogP contribution in [-0.2, 0) is 28.3 Å². The van der Waals surface area contributed by atoms with Gasteiger partial charge in [0.15, 0.2) is 5.03 Å². The second-order valence-electron chi connectivity index (χ2n) is 7.78. The third kappa shape index (κ3) is 3.87. The molecule has 0 N–H and O–H groups in total. The molecular formula is C20H25BrN4O3S. The summed E-state index contributed by atoms with van der Waals surface area (Å²) in [6.45, 7) is 3.18. The van der Waals surface area contributed by atoms with Crippen LogP contribution < -0.4 is 4.90 Å². The van der Waals surface area contributed by atoms with Crippen molar-refractivity contribution in [1.82, 2.24) is 13.9 Å². The Morgan fingerprint density at radius 2 is 1.93 bits per heavy atom. The second kappa shape index (κ2) is 7.85. The molecule has 1 fully saturated rings. The van der Waals surface area contributed by atoms with Crippen molar-refractivity contribution < 1.29 is 13.2 Å². The summed E-state index contributed by atoms with van der Waals surface area (Å²) >= 11 is 3.50. The molecule has 2 aliphatic rings. The van der Waals surface area contributed by atoms with Gasteiger partial charge in [0, 0.05) is 49.0 Å². The van der Waals surface area contributed by atoms with Crippen molar-refractivity contribution in [3.63, 3.8) is 0 Å². The van der Waals surface area contributed by atoms with E-state index >= 15 is 0 Å². The van der Waals surface area contributed by atoms with E-state index in [4.69, 9.17) is 0 Å². The van der Waals surface area contributed by atoms with E-state index in [1.165, 1.54) is 9.87 Å². The number of piperidine rings is 1. The monoisotopic (exact) mass is 480 g/mol. The van der Waals surface area contributed by atoms with Crippen molar-refractivity contribution >= 4 is 37.5 Å². The van der Waals surface area contributed by atoms with Gasteiger partial charge in [-0.25, -0.2) is 13.4 Å². The molecule has 1 amide bonds. The van der Waals surface area contributed by atoms with Crippen molar-refractivity contribution in [2.75, 3.05) is 24.5 Å². The highest BCUT2D eigenvalue weighted by atomic mass is 79.9. The van der Waals surface area contributed by atoms with Crippen LogP contribution in [0.25, 0.3) is 0 Å². The Morgan fingerprint density at radius 1 is 1.21 bits per heavy atom. The predicted octanol–water partition coefficient (Wildman–Crippen LogP) is 2.87. The van der Waals surface area contributed by atoms with E-state index in [1.54, 1.807) is 24.7 Å². The molecule has 7 nitrogen and oxygen atoms in total. The van der Waals surface area contributed by atoms with Crippen LogP contribution in [0.5, 0.6) is 0 Å². The van der Waals surface area contributed by atoms with E-state index in [0.717, 1.165) is 29.5 Å². The second-order valence-corrected chi connectivity index (χ2v) is 10.6. The first-order valence-electron chi connectivity index (χ1n) is 9.87. The molecule has 2 aliphatic heterocycles. The Bertz CT molecular complexity index is 1020. The molecule has 0 atom stereocenters. The highest BCUT2D eigenvalue weighted by Crippen LogP contribution is 2.33. The van der Waals surface area contributed by atoms with E-state index in [0.29, 0.717) is 31.8 Å². The maximum atomic E-state index is 13.2. The average molecular weight is 481 g/mol. The number of imidazole rings is 1. The maximum absolute atomic E-state index is 13.2. The lowest BCUT2D eigenvalue weighted by atomic mass is 9.94. The lowest BCUT2D eigenvalue weighted by Gasteiger charge is -2.35. The number of halogens is 1. The fourth-order valence-corrected chi connectivity index (χ4v) is 6.04. The van der Waals surface area contributed by atoms with Crippen LogP contribution in [0.2, 0.25) is 0 Å². The van der Waals surface area contributed by atoms with Crippen LogP contribution in [0.1, 0.15) is 30.7 Å². The number of aromatic nitrogens is 2. The normalized spacial score (nSPS) is 18.7. The number of hydrogen-bond donors (Lipinski definition) is 0. The summed E-state index contributed by atoms with van der Waals surface area (Å²) in [6.07, 6.45) is 4.53. The molecule has 156 valence electrons. The predicted molar refractivity (Wildman–Crippen MR) is 114 cm³/mol. The summed E-state index contributed by atoms with van der Waals surface area (Å²) < 4.78 is 29.9. The van der Waals surface area contributed by atoms with E-state index in [1.807, 2.05) is 17.0 Å². The molecule has 0 spiro atoms. The first-order valence-corrected chi connectivity index (χ1v) is 12.1. The minimum Gasteiger partial charge on any atom is -0.337 e. The molecule has 3 heterocycles. The van der Waals surface area contributed by atoms with Gasteiger partial charge in [-0.05, 0) is 56.4 Å². The summed E-state index contributed by atoms with van der Waals surface area (Å²) in [5, 5.41) is 0.0813. The van der Waals surface area contributed by atoms with Gasteiger partial charge in [-0.15, -0.1) is 0 Å². The van der Waals surface area contributed by atoms with Gasteiger partial charge in [0.25, 0.3) is 10.0 Å². The Balaban J connectivity index is 1.46. The smallest absolute Gasteiger partial charge is 0.262 e. The van der Waals surface area contributed by atoms with Gasteiger partial charge in [-0.2, -0.15) is 4.31 Å². The van der Waals surface area contributed by atoms with E-state index in [2.05, 4.69) is 27.0 Å². The van der Waals surface area contributed by atoms with Crippen molar-refractivity contribution in [3.05, 3.63) is 40.3 Å². The maximum Gasteiger partial charge on any atom is 0.262 e. The highest BCUT2D eigenvalue weighted by Gasteiger charge is 2.36. The number of hydrogen-bond acceptors (Lipinski definition) is 4. The van der Waals surface area contributed by atoms with Crippen molar-refractivity contribution in [2.24, 2.45) is 13.0 Å². The number of benzene rings is 1. The lowest BCUT2D eigenvalue weighted by Crippen LogP contribution is -2.45. The standard InChI is InChI=1S/C20H25BrN4O3S/c1-14-22-19(13-23(14)2)29(27,28)24-10-7-15(8-11-24)20(26)25-9-3-4-16-12-17(21)5-6-18(16)25/h5-6,12-13,15H,3-4,7-11H2,1-2H3. The van der Waals surface area contributed by atoms with Gasteiger partial charge in [0.2, 0.25) is 5.91 Å². The Morgan fingerprint density at radius 3 is 2.59 bits per heavy atom. The molecular weight excluding hydrogens is 456 g/mol. The number of nitrogens with zero attached hydrogens (tertiary/aromatic N) is 4. The summed E-state index contributed by atoms with van der Waals surface area (Å²) in [5.74, 6) is 0.615. The number of sulfonamides is 1. The molecule has 1 aromatic heterocycles. The molecule has 1 aromatic carbocycles. The largest absolute Gasteiger partial charge is 0.337 e. The number of carbonyl (C=O) groups excluding carboxylic acids is 1. The van der Waals surface area contributed by atoms with Gasteiger partial charge in [0.1, 0.15) is 5.82 Å². The van der Waals surface area contributed by atoms with E-state index in [9.17, 15) is 13.2 Å². The van der Waals surface area contributed by atoms with Gasteiger partial charge in [0.05, 0.1) is 0 Å². The lowest BCUT2D eigenvalue weighted by molar-refractivity contribution is -0.123. The topological polar surface area (TPSA) is 75.5 Å². The number of amides is 1. The van der Waals surface area contributed by atoms with Crippen LogP contribution in [0.4, 0.5) is 5.69 Å².